The summed E-state index contributed by atoms with van der Waals surface area (Å²) in [5.74, 6) is -0.972. The van der Waals surface area contributed by atoms with Gasteiger partial charge in [-0.2, -0.15) is 0 Å². The number of sulfonamides is 1. The van der Waals surface area contributed by atoms with Gasteiger partial charge in [-0.25, -0.2) is 8.42 Å². The molecular weight excluding hydrogens is 354 g/mol. The van der Waals surface area contributed by atoms with Gasteiger partial charge < -0.3 is 9.84 Å². The third kappa shape index (κ3) is 3.82. The molecule has 1 aromatic carbocycles. The van der Waals surface area contributed by atoms with Crippen molar-refractivity contribution in [2.24, 2.45) is 5.92 Å². The number of aryl methyl sites for hydroxylation is 1. The van der Waals surface area contributed by atoms with Crippen LogP contribution in [-0.2, 0) is 14.8 Å². The lowest BCUT2D eigenvalue weighted by Gasteiger charge is -2.38. The molecule has 2 atom stereocenters. The van der Waals surface area contributed by atoms with Gasteiger partial charge in [0.15, 0.2) is 0 Å². The van der Waals surface area contributed by atoms with Crippen LogP contribution in [-0.4, -0.2) is 37.4 Å². The average molecular weight is 381 g/mol. The monoisotopic (exact) mass is 381 g/mol. The zero-order valence-electron chi connectivity index (χ0n) is 15.3. The molecule has 3 rings (SSSR count). The molecule has 1 saturated carbocycles. The second-order valence-corrected chi connectivity index (χ2v) is 9.66. The lowest BCUT2D eigenvalue weighted by Crippen LogP contribution is -2.48. The minimum atomic E-state index is -3.50. The van der Waals surface area contributed by atoms with Crippen LogP contribution in [0.4, 0.5) is 5.69 Å². The van der Waals surface area contributed by atoms with Crippen molar-refractivity contribution in [1.82, 2.24) is 0 Å². The molecule has 1 fully saturated rings. The van der Waals surface area contributed by atoms with E-state index in [0.717, 1.165) is 24.8 Å². The second kappa shape index (κ2) is 7.47. The third-order valence-electron chi connectivity index (χ3n) is 5.36. The molecule has 2 aliphatic rings. The summed E-state index contributed by atoms with van der Waals surface area (Å²) in [6.45, 7) is 3.72. The number of ether oxygens (including phenoxy) is 1. The number of benzene rings is 1. The topological polar surface area (TPSA) is 83.9 Å². The van der Waals surface area contributed by atoms with E-state index in [2.05, 4.69) is 0 Å². The third-order valence-corrected chi connectivity index (χ3v) is 7.64. The molecule has 0 spiro atoms. The smallest absolute Gasteiger partial charge is 0.306 e. The van der Waals surface area contributed by atoms with Crippen LogP contribution < -0.4 is 9.04 Å². The lowest BCUT2D eigenvalue weighted by atomic mass is 10.0. The van der Waals surface area contributed by atoms with Crippen molar-refractivity contribution in [2.75, 3.05) is 10.8 Å². The minimum Gasteiger partial charge on any atom is -0.486 e. The van der Waals surface area contributed by atoms with Gasteiger partial charge >= 0.3 is 5.97 Å². The van der Waals surface area contributed by atoms with E-state index in [1.807, 2.05) is 19.1 Å². The minimum absolute atomic E-state index is 0.174. The molecule has 1 aliphatic heterocycles. The fraction of sp³-hybridized carbons (Fsp3) is 0.632. The van der Waals surface area contributed by atoms with Gasteiger partial charge in [-0.3, -0.25) is 9.10 Å². The fourth-order valence-electron chi connectivity index (χ4n) is 3.82. The number of carboxylic acids is 1. The van der Waals surface area contributed by atoms with Crippen LogP contribution in [0.2, 0.25) is 0 Å². The Morgan fingerprint density at radius 1 is 1.31 bits per heavy atom. The highest BCUT2D eigenvalue weighted by Crippen LogP contribution is 2.39. The Morgan fingerprint density at radius 2 is 2.00 bits per heavy atom. The van der Waals surface area contributed by atoms with Gasteiger partial charge in [0.1, 0.15) is 11.9 Å². The van der Waals surface area contributed by atoms with Crippen LogP contribution in [0.3, 0.4) is 0 Å². The molecule has 0 radical (unpaired) electrons. The van der Waals surface area contributed by atoms with E-state index >= 15 is 0 Å². The van der Waals surface area contributed by atoms with Crippen molar-refractivity contribution in [3.63, 3.8) is 0 Å². The Kier molecular flexibility index (Phi) is 5.46. The highest BCUT2D eigenvalue weighted by Gasteiger charge is 2.39. The van der Waals surface area contributed by atoms with Gasteiger partial charge in [0, 0.05) is 0 Å². The first kappa shape index (κ1) is 19.0. The van der Waals surface area contributed by atoms with Crippen LogP contribution in [0.1, 0.15) is 51.0 Å². The van der Waals surface area contributed by atoms with Gasteiger partial charge in [0.05, 0.1) is 23.4 Å². The van der Waals surface area contributed by atoms with Gasteiger partial charge in [-0.05, 0) is 43.9 Å². The predicted octanol–water partition coefficient (Wildman–Crippen LogP) is 3.34. The Labute approximate surface area is 155 Å². The van der Waals surface area contributed by atoms with Crippen molar-refractivity contribution >= 4 is 21.7 Å². The van der Waals surface area contributed by atoms with E-state index < -0.39 is 28.0 Å². The van der Waals surface area contributed by atoms with Crippen LogP contribution in [0.25, 0.3) is 0 Å². The molecule has 7 heteroatoms. The highest BCUT2D eigenvalue weighted by atomic mass is 32.2. The Bertz CT molecular complexity index is 770. The molecule has 6 nitrogen and oxygen atoms in total. The first-order chi connectivity index (χ1) is 12.3. The van der Waals surface area contributed by atoms with E-state index in [4.69, 9.17) is 4.74 Å². The first-order valence-electron chi connectivity index (χ1n) is 9.30. The number of aliphatic carboxylic acids is 1. The number of nitrogens with zero attached hydrogens (tertiary/aromatic N) is 1. The van der Waals surface area contributed by atoms with Crippen molar-refractivity contribution in [3.05, 3.63) is 23.8 Å². The number of anilines is 1. The Morgan fingerprint density at radius 3 is 2.65 bits per heavy atom. The number of rotatable bonds is 5. The molecule has 0 saturated heterocycles. The summed E-state index contributed by atoms with van der Waals surface area (Å²) in [5.41, 5.74) is 1.54. The Hall–Kier alpha value is -1.76. The quantitative estimate of drug-likeness (QED) is 0.846. The summed E-state index contributed by atoms with van der Waals surface area (Å²) < 4.78 is 34.1. The number of carboxylic acid groups (broad SMARTS) is 1. The average Bonchev–Trinajstić information content (AvgIpc) is 2.62. The van der Waals surface area contributed by atoms with Crippen LogP contribution in [0.5, 0.6) is 5.75 Å². The normalized spacial score (nSPS) is 22.4. The molecule has 0 bridgehead atoms. The standard InChI is InChI=1S/C19H27NO5S/c1-13-8-9-18-17(10-13)20(12-15(25-18)11-14(2)19(21)22)26(23,24)16-6-4-3-5-7-16/h8-10,14-16H,3-7,11-12H2,1-2H3,(H,21,22). The van der Waals surface area contributed by atoms with Crippen LogP contribution in [0, 0.1) is 12.8 Å². The molecule has 1 heterocycles. The summed E-state index contributed by atoms with van der Waals surface area (Å²) >= 11 is 0. The summed E-state index contributed by atoms with van der Waals surface area (Å²) in [4.78, 5) is 11.2. The van der Waals surface area contributed by atoms with Gasteiger partial charge in [0.2, 0.25) is 10.0 Å². The van der Waals surface area contributed by atoms with Crippen molar-refractivity contribution in [2.45, 2.75) is 63.7 Å². The number of hydrogen-bond acceptors (Lipinski definition) is 4. The van der Waals surface area contributed by atoms with Crippen LogP contribution >= 0.6 is 0 Å². The van der Waals surface area contributed by atoms with E-state index in [-0.39, 0.29) is 18.2 Å². The maximum Gasteiger partial charge on any atom is 0.306 e. The summed E-state index contributed by atoms with van der Waals surface area (Å²) in [7, 11) is -3.50. The molecule has 1 aromatic rings. The molecule has 144 valence electrons. The zero-order valence-corrected chi connectivity index (χ0v) is 16.2. The van der Waals surface area contributed by atoms with Gasteiger partial charge in [-0.15, -0.1) is 0 Å². The second-order valence-electron chi connectivity index (χ2n) is 7.52. The summed E-state index contributed by atoms with van der Waals surface area (Å²) in [6.07, 6.45) is 4.16. The molecule has 0 amide bonds. The maximum atomic E-state index is 13.3. The zero-order chi connectivity index (χ0) is 18.9. The van der Waals surface area contributed by atoms with Gasteiger partial charge in [-0.1, -0.05) is 32.3 Å². The van der Waals surface area contributed by atoms with E-state index in [1.54, 1.807) is 13.0 Å². The molecule has 0 aromatic heterocycles. The fourth-order valence-corrected chi connectivity index (χ4v) is 5.90. The number of fused-ring (bicyclic) bond motifs is 1. The Balaban J connectivity index is 1.93. The number of hydrogen-bond donors (Lipinski definition) is 1. The summed E-state index contributed by atoms with van der Waals surface area (Å²) in [6, 6.07) is 5.51. The molecule has 1 aliphatic carbocycles. The number of carbonyl (C=O) groups is 1. The van der Waals surface area contributed by atoms with E-state index in [9.17, 15) is 18.3 Å². The highest BCUT2D eigenvalue weighted by molar-refractivity contribution is 7.93. The largest absolute Gasteiger partial charge is 0.486 e. The molecule has 26 heavy (non-hydrogen) atoms. The first-order valence-corrected chi connectivity index (χ1v) is 10.8. The SMILES string of the molecule is Cc1ccc2c(c1)N(S(=O)(=O)C1CCCCC1)CC(CC(C)C(=O)O)O2. The van der Waals surface area contributed by atoms with Crippen molar-refractivity contribution in [1.29, 1.82) is 0 Å². The van der Waals surface area contributed by atoms with Crippen LogP contribution in [0.15, 0.2) is 18.2 Å². The molecule has 1 N–H and O–H groups in total. The van der Waals surface area contributed by atoms with Gasteiger partial charge in [0.25, 0.3) is 0 Å². The molecule has 2 unspecified atom stereocenters. The predicted molar refractivity (Wildman–Crippen MR) is 100 cm³/mol. The molecular formula is C19H27NO5S. The summed E-state index contributed by atoms with van der Waals surface area (Å²) in [5, 5.41) is 8.83. The van der Waals surface area contributed by atoms with E-state index in [1.165, 1.54) is 4.31 Å². The van der Waals surface area contributed by atoms with Crippen molar-refractivity contribution < 1.29 is 23.1 Å². The lowest BCUT2D eigenvalue weighted by molar-refractivity contribution is -0.142. The van der Waals surface area contributed by atoms with E-state index in [0.29, 0.717) is 24.3 Å². The maximum absolute atomic E-state index is 13.3. The van der Waals surface area contributed by atoms with Crippen molar-refractivity contribution in [3.8, 4) is 5.75 Å².